The second-order valence-corrected chi connectivity index (χ2v) is 9.66. The van der Waals surface area contributed by atoms with Gasteiger partial charge < -0.3 is 24.4 Å². The maximum Gasteiger partial charge on any atom is 0.338 e. The lowest BCUT2D eigenvalue weighted by molar-refractivity contribution is -0.154. The smallest absolute Gasteiger partial charge is 0.338 e. The van der Waals surface area contributed by atoms with E-state index in [1.54, 1.807) is 44.4 Å². The minimum absolute atomic E-state index is 0.196. The summed E-state index contributed by atoms with van der Waals surface area (Å²) in [6.45, 7) is 8.81. The Morgan fingerprint density at radius 2 is 1.75 bits per heavy atom. The number of hydrogen-bond donors (Lipinski definition) is 2. The van der Waals surface area contributed by atoms with Crippen molar-refractivity contribution in [1.29, 1.82) is 0 Å². The van der Waals surface area contributed by atoms with E-state index in [0.717, 1.165) is 0 Å². The Hall–Kier alpha value is -2.38. The topological polar surface area (TPSA) is 102 Å². The molecule has 1 fully saturated rings. The molecule has 0 amide bonds. The van der Waals surface area contributed by atoms with Gasteiger partial charge in [0.05, 0.1) is 24.4 Å². The molecule has 3 rings (SSSR count). The largest absolute Gasteiger partial charge is 0.497 e. The third kappa shape index (κ3) is 4.28. The zero-order valence-corrected chi connectivity index (χ0v) is 19.6. The van der Waals surface area contributed by atoms with Gasteiger partial charge in [-0.15, -0.1) is 0 Å². The molecule has 32 heavy (non-hydrogen) atoms. The predicted molar refractivity (Wildman–Crippen MR) is 118 cm³/mol. The number of fused-ring (bicyclic) bond motifs is 1. The third-order valence-corrected chi connectivity index (χ3v) is 7.29. The van der Waals surface area contributed by atoms with Gasteiger partial charge in [-0.05, 0) is 55.2 Å². The first-order valence-corrected chi connectivity index (χ1v) is 11.0. The maximum atomic E-state index is 13.0. The van der Waals surface area contributed by atoms with Gasteiger partial charge in [0.2, 0.25) is 0 Å². The van der Waals surface area contributed by atoms with Crippen molar-refractivity contribution < 1.29 is 34.0 Å². The number of benzene rings is 1. The molecule has 0 aliphatic heterocycles. The first kappa shape index (κ1) is 24.3. The van der Waals surface area contributed by atoms with Crippen LogP contribution in [-0.4, -0.2) is 53.2 Å². The summed E-state index contributed by atoms with van der Waals surface area (Å²) >= 11 is 0. The van der Waals surface area contributed by atoms with Crippen LogP contribution in [0.2, 0.25) is 0 Å². The average Bonchev–Trinajstić information content (AvgIpc) is 2.87. The lowest BCUT2D eigenvalue weighted by atomic mass is 9.67. The van der Waals surface area contributed by atoms with E-state index in [4.69, 9.17) is 14.2 Å². The van der Waals surface area contributed by atoms with Crippen molar-refractivity contribution in [3.63, 3.8) is 0 Å². The number of methoxy groups -OCH3 is 1. The molecule has 2 N–H and O–H groups in total. The highest BCUT2D eigenvalue weighted by molar-refractivity contribution is 5.89. The highest BCUT2D eigenvalue weighted by atomic mass is 16.6. The van der Waals surface area contributed by atoms with Gasteiger partial charge >= 0.3 is 11.9 Å². The van der Waals surface area contributed by atoms with Crippen molar-refractivity contribution in [3.8, 4) is 5.75 Å². The Morgan fingerprint density at radius 3 is 2.28 bits per heavy atom. The van der Waals surface area contributed by atoms with Gasteiger partial charge in [-0.2, -0.15) is 0 Å². The van der Waals surface area contributed by atoms with Crippen LogP contribution in [0.15, 0.2) is 35.9 Å². The van der Waals surface area contributed by atoms with Crippen LogP contribution in [0.5, 0.6) is 5.75 Å². The second-order valence-electron chi connectivity index (χ2n) is 9.66. The molecule has 7 nitrogen and oxygen atoms in total. The summed E-state index contributed by atoms with van der Waals surface area (Å²) in [5, 5.41) is 22.6. The van der Waals surface area contributed by atoms with Crippen LogP contribution in [-0.2, 0) is 14.3 Å². The monoisotopic (exact) mass is 446 g/mol. The minimum atomic E-state index is -1.26. The number of aliphatic hydroxyl groups excluding tert-OH is 1. The molecule has 0 saturated heterocycles. The summed E-state index contributed by atoms with van der Waals surface area (Å²) in [5.74, 6) is -1.13. The van der Waals surface area contributed by atoms with E-state index in [1.807, 2.05) is 20.8 Å². The lowest BCUT2D eigenvalue weighted by Crippen LogP contribution is -2.50. The standard InChI is InChI=1S/C25H34O7/c1-14(2)25(29)13-21(31-16(4)26)24(5)12-19(27)15(3)11-20(22(24)25)32-23(28)17-7-9-18(30-6)10-8-17/h7-11,14,19-22,27,29H,12-13H2,1-6H3. The molecule has 0 spiro atoms. The number of ether oxygens (including phenoxy) is 3. The van der Waals surface area contributed by atoms with Crippen molar-refractivity contribution in [2.75, 3.05) is 7.11 Å². The van der Waals surface area contributed by atoms with Gasteiger partial charge in [-0.1, -0.05) is 20.8 Å². The Balaban J connectivity index is 2.04. The summed E-state index contributed by atoms with van der Waals surface area (Å²) in [6.07, 6.45) is -0.00977. The normalized spacial score (nSPS) is 34.3. The zero-order valence-electron chi connectivity index (χ0n) is 19.6. The maximum absolute atomic E-state index is 13.0. The molecular weight excluding hydrogens is 412 g/mol. The van der Waals surface area contributed by atoms with Gasteiger partial charge in [0.15, 0.2) is 0 Å². The molecule has 2 aliphatic carbocycles. The fourth-order valence-electron chi connectivity index (χ4n) is 5.38. The molecule has 7 heteroatoms. The molecule has 0 bridgehead atoms. The van der Waals surface area contributed by atoms with Crippen molar-refractivity contribution in [1.82, 2.24) is 0 Å². The van der Waals surface area contributed by atoms with E-state index in [2.05, 4.69) is 0 Å². The van der Waals surface area contributed by atoms with Crippen LogP contribution >= 0.6 is 0 Å². The fourth-order valence-corrected chi connectivity index (χ4v) is 5.38. The van der Waals surface area contributed by atoms with Gasteiger partial charge in [0.1, 0.15) is 18.0 Å². The molecule has 0 radical (unpaired) electrons. The summed E-state index contributed by atoms with van der Waals surface area (Å²) in [5.41, 5.74) is -1.06. The Labute approximate surface area is 189 Å². The van der Waals surface area contributed by atoms with E-state index in [1.165, 1.54) is 6.92 Å². The highest BCUT2D eigenvalue weighted by Gasteiger charge is 2.65. The third-order valence-electron chi connectivity index (χ3n) is 7.29. The van der Waals surface area contributed by atoms with Crippen molar-refractivity contribution in [3.05, 3.63) is 41.5 Å². The van der Waals surface area contributed by atoms with Crippen molar-refractivity contribution in [2.24, 2.45) is 17.3 Å². The lowest BCUT2D eigenvalue weighted by Gasteiger charge is -2.43. The highest BCUT2D eigenvalue weighted by Crippen LogP contribution is 2.59. The molecular formula is C25H34O7. The molecule has 6 atom stereocenters. The molecule has 1 aromatic rings. The number of carbonyl (C=O) groups excluding carboxylic acids is 2. The fraction of sp³-hybridized carbons (Fsp3) is 0.600. The molecule has 176 valence electrons. The quantitative estimate of drug-likeness (QED) is 0.529. The van der Waals surface area contributed by atoms with Crippen LogP contribution < -0.4 is 4.74 Å². The van der Waals surface area contributed by atoms with Crippen LogP contribution in [0.25, 0.3) is 0 Å². The Kier molecular flexibility index (Phi) is 6.72. The average molecular weight is 447 g/mol. The van der Waals surface area contributed by atoms with Gasteiger partial charge in [-0.25, -0.2) is 4.79 Å². The summed E-state index contributed by atoms with van der Waals surface area (Å²) in [7, 11) is 1.55. The van der Waals surface area contributed by atoms with Gasteiger partial charge in [0, 0.05) is 24.7 Å². The first-order chi connectivity index (χ1) is 14.9. The van der Waals surface area contributed by atoms with E-state index < -0.39 is 47.2 Å². The van der Waals surface area contributed by atoms with E-state index >= 15 is 0 Å². The molecule has 1 aromatic carbocycles. The van der Waals surface area contributed by atoms with E-state index in [-0.39, 0.29) is 18.8 Å². The van der Waals surface area contributed by atoms with Crippen LogP contribution in [0.4, 0.5) is 0 Å². The molecule has 1 saturated carbocycles. The van der Waals surface area contributed by atoms with Crippen LogP contribution in [0, 0.1) is 17.3 Å². The van der Waals surface area contributed by atoms with Gasteiger partial charge in [-0.3, -0.25) is 4.79 Å². The van der Waals surface area contributed by atoms with Gasteiger partial charge in [0.25, 0.3) is 0 Å². The first-order valence-electron chi connectivity index (χ1n) is 11.0. The summed E-state index contributed by atoms with van der Waals surface area (Å²) < 4.78 is 16.7. The zero-order chi connectivity index (χ0) is 23.8. The van der Waals surface area contributed by atoms with Crippen LogP contribution in [0.3, 0.4) is 0 Å². The van der Waals surface area contributed by atoms with Crippen LogP contribution in [0.1, 0.15) is 57.8 Å². The van der Waals surface area contributed by atoms with Crippen molar-refractivity contribution in [2.45, 2.75) is 71.4 Å². The number of esters is 2. The number of rotatable bonds is 5. The number of aliphatic hydroxyl groups is 2. The Morgan fingerprint density at radius 1 is 1.12 bits per heavy atom. The van der Waals surface area contributed by atoms with E-state index in [0.29, 0.717) is 16.9 Å². The predicted octanol–water partition coefficient (Wildman–Crippen LogP) is 3.28. The number of carbonyl (C=O) groups is 2. The van der Waals surface area contributed by atoms with Crippen molar-refractivity contribution >= 4 is 11.9 Å². The molecule has 2 aliphatic rings. The summed E-state index contributed by atoms with van der Waals surface area (Å²) in [6, 6.07) is 6.59. The Bertz CT molecular complexity index is 890. The number of hydrogen-bond acceptors (Lipinski definition) is 7. The molecule has 0 heterocycles. The molecule has 0 aromatic heterocycles. The minimum Gasteiger partial charge on any atom is -0.497 e. The van der Waals surface area contributed by atoms with E-state index in [9.17, 15) is 19.8 Å². The summed E-state index contributed by atoms with van der Waals surface area (Å²) in [4.78, 5) is 24.9. The second kappa shape index (κ2) is 8.87. The molecule has 6 unspecified atom stereocenters. The SMILES string of the molecule is COc1ccc(C(=O)OC2C=C(C)C(O)CC3(C)C(OC(C)=O)CC(O)(C(C)C)C23)cc1.